The molecule has 6 rings (SSSR count). The lowest BCUT2D eigenvalue weighted by Gasteiger charge is -2.31. The van der Waals surface area contributed by atoms with Crippen molar-refractivity contribution in [1.82, 2.24) is 4.98 Å². The van der Waals surface area contributed by atoms with Crippen LogP contribution in [-0.4, -0.2) is 43.0 Å². The number of nitrogens with zero attached hydrogens (tertiary/aromatic N) is 1. The highest BCUT2D eigenvalue weighted by Crippen LogP contribution is 2.54. The topological polar surface area (TPSA) is 169 Å². The van der Waals surface area contributed by atoms with Gasteiger partial charge in [0, 0.05) is 31.5 Å². The molecule has 44 heavy (non-hydrogen) atoms. The Balaban J connectivity index is 1.32. The van der Waals surface area contributed by atoms with Gasteiger partial charge in [-0.05, 0) is 66.7 Å². The number of carbonyl (C=O) groups excluding carboxylic acids is 3. The van der Waals surface area contributed by atoms with Gasteiger partial charge in [-0.15, -0.1) is 0 Å². The lowest BCUT2D eigenvalue weighted by molar-refractivity contribution is -0.122. The number of nitrogens with two attached hydrogens (primary N) is 1. The van der Waals surface area contributed by atoms with Gasteiger partial charge in [0.25, 0.3) is 5.91 Å². The van der Waals surface area contributed by atoms with Crippen LogP contribution in [0.2, 0.25) is 5.02 Å². The minimum absolute atomic E-state index is 0.101. The molecule has 3 aromatic carbocycles. The van der Waals surface area contributed by atoms with Crippen LogP contribution in [0.3, 0.4) is 0 Å². The van der Waals surface area contributed by atoms with Gasteiger partial charge in [-0.1, -0.05) is 50.6 Å². The Kier molecular flexibility index (Phi) is 8.19. The number of amides is 3. The van der Waals surface area contributed by atoms with Crippen LogP contribution in [0.25, 0.3) is 0 Å². The molecule has 16 heteroatoms. The molecule has 1 fully saturated rings. The van der Waals surface area contributed by atoms with Crippen molar-refractivity contribution < 1.29 is 27.5 Å². The molecule has 1 saturated heterocycles. The molecule has 2 unspecified atom stereocenters. The van der Waals surface area contributed by atoms with E-state index in [9.17, 15) is 27.6 Å². The molecule has 0 bridgehead atoms. The Hall–Kier alpha value is -3.47. The van der Waals surface area contributed by atoms with Gasteiger partial charge in [-0.2, -0.15) is 0 Å². The molecule has 4 aromatic rings. The second-order valence-corrected chi connectivity index (χ2v) is 14.9. The lowest BCUT2D eigenvalue weighted by atomic mass is 9.82. The quantitative estimate of drug-likeness (QED) is 0.236. The summed E-state index contributed by atoms with van der Waals surface area (Å²) in [6.45, 7) is -0.429. The fourth-order valence-corrected chi connectivity index (χ4v) is 8.69. The van der Waals surface area contributed by atoms with Crippen molar-refractivity contribution in [1.29, 1.82) is 0 Å². The summed E-state index contributed by atoms with van der Waals surface area (Å²) >= 11 is 11.6. The number of imide groups is 1. The van der Waals surface area contributed by atoms with E-state index in [0.717, 1.165) is 28.0 Å². The number of hydrogen-bond acceptors (Lipinski definition) is 9. The van der Waals surface area contributed by atoms with Crippen LogP contribution in [0.15, 0.2) is 85.9 Å². The average molecular weight is 736 g/mol. The predicted octanol–water partition coefficient (Wildman–Crippen LogP) is 4.31. The highest BCUT2D eigenvalue weighted by atomic mass is 79.9. The number of rotatable bonds is 7. The third kappa shape index (κ3) is 5.82. The molecule has 4 N–H and O–H groups in total. The number of thioether (sulfide) groups is 1. The number of hydrogen-bond donors (Lipinski definition) is 3. The highest BCUT2D eigenvalue weighted by molar-refractivity contribution is 9.10. The van der Waals surface area contributed by atoms with Gasteiger partial charge in [0.1, 0.15) is 11.0 Å². The van der Waals surface area contributed by atoms with E-state index in [4.69, 9.17) is 21.5 Å². The third-order valence-corrected chi connectivity index (χ3v) is 11.1. The number of H-pyrrole nitrogens is 1. The lowest BCUT2D eigenvalue weighted by Crippen LogP contribution is -2.32. The minimum atomic E-state index is -3.88. The van der Waals surface area contributed by atoms with Gasteiger partial charge >= 0.3 is 4.87 Å². The zero-order valence-electron chi connectivity index (χ0n) is 22.2. The zero-order chi connectivity index (χ0) is 31.3. The number of anilines is 2. The molecule has 2 aliphatic heterocycles. The van der Waals surface area contributed by atoms with E-state index in [1.807, 2.05) is 0 Å². The van der Waals surface area contributed by atoms with E-state index in [2.05, 4.69) is 26.2 Å². The second-order valence-electron chi connectivity index (χ2n) is 9.83. The first-order valence-electron chi connectivity index (χ1n) is 12.8. The summed E-state index contributed by atoms with van der Waals surface area (Å²) in [6, 6.07) is 16.8. The standard InChI is InChI=1S/C28H20BrClN4O7S3/c29-13-1-10-19(41-12-20(35)32-15-4-8-17(9-5-15)44(31,39)40)18(11-13)21-22-24(42-25-23(21)43-28(38)33-25)27(37)34(26(22)36)16-6-2-14(30)3-7-16/h1-11,21-22,24H,12H2,(H,32,35)(H,33,38)(H2,31,39,40)/t21-,22?,24?/m1/s1. The molecular weight excluding hydrogens is 716 g/mol. The smallest absolute Gasteiger partial charge is 0.305 e. The van der Waals surface area contributed by atoms with Crippen molar-refractivity contribution >= 4 is 89.7 Å². The second kappa shape index (κ2) is 11.8. The number of halogens is 2. The van der Waals surface area contributed by atoms with Crippen LogP contribution < -0.4 is 25.0 Å². The van der Waals surface area contributed by atoms with Crippen molar-refractivity contribution in [2.75, 3.05) is 16.8 Å². The van der Waals surface area contributed by atoms with Gasteiger partial charge in [0.2, 0.25) is 21.8 Å². The maximum absolute atomic E-state index is 14.0. The molecule has 3 atom stereocenters. The van der Waals surface area contributed by atoms with Gasteiger partial charge < -0.3 is 15.0 Å². The summed E-state index contributed by atoms with van der Waals surface area (Å²) in [5, 5.41) is 7.88. The van der Waals surface area contributed by atoms with Gasteiger partial charge in [-0.25, -0.2) is 18.5 Å². The molecular formula is C28H20BrClN4O7S3. The normalized spacial score (nSPS) is 19.4. The Morgan fingerprint density at radius 1 is 1.05 bits per heavy atom. The zero-order valence-corrected chi connectivity index (χ0v) is 26.9. The fraction of sp³-hybridized carbons (Fsp3) is 0.143. The molecule has 0 saturated carbocycles. The number of sulfonamides is 1. The molecule has 11 nitrogen and oxygen atoms in total. The Labute approximate surface area is 271 Å². The largest absolute Gasteiger partial charge is 0.483 e. The van der Waals surface area contributed by atoms with Crippen LogP contribution in [0.4, 0.5) is 11.4 Å². The number of primary sulfonamides is 1. The molecule has 0 aliphatic carbocycles. The number of nitrogens with one attached hydrogen (secondary N) is 2. The minimum Gasteiger partial charge on any atom is -0.483 e. The number of thiazole rings is 1. The van der Waals surface area contributed by atoms with Crippen LogP contribution in [0.1, 0.15) is 16.4 Å². The molecule has 3 heterocycles. The highest BCUT2D eigenvalue weighted by Gasteiger charge is 2.56. The van der Waals surface area contributed by atoms with E-state index in [0.29, 0.717) is 36.3 Å². The number of ether oxygens (including phenoxy) is 1. The monoisotopic (exact) mass is 734 g/mol. The van der Waals surface area contributed by atoms with Crippen LogP contribution in [0, 0.1) is 5.92 Å². The summed E-state index contributed by atoms with van der Waals surface area (Å²) in [6.07, 6.45) is 0. The first kappa shape index (κ1) is 30.6. The van der Waals surface area contributed by atoms with Gasteiger partial charge in [-0.3, -0.25) is 19.2 Å². The number of aromatic nitrogens is 1. The molecule has 0 spiro atoms. The van der Waals surface area contributed by atoms with Crippen LogP contribution in [0.5, 0.6) is 5.75 Å². The van der Waals surface area contributed by atoms with Crippen molar-refractivity contribution in [2.24, 2.45) is 11.1 Å². The number of carbonyl (C=O) groups is 3. The summed E-state index contributed by atoms with van der Waals surface area (Å²) in [5.41, 5.74) is 1.22. The molecule has 0 radical (unpaired) electrons. The molecule has 1 aromatic heterocycles. The van der Waals surface area contributed by atoms with Crippen molar-refractivity contribution in [3.05, 3.63) is 96.3 Å². The van der Waals surface area contributed by atoms with E-state index in [-0.39, 0.29) is 15.5 Å². The average Bonchev–Trinajstić information content (AvgIpc) is 3.46. The van der Waals surface area contributed by atoms with Crippen LogP contribution in [-0.2, 0) is 24.4 Å². The fourth-order valence-electron chi connectivity index (χ4n) is 5.16. The van der Waals surface area contributed by atoms with Crippen molar-refractivity contribution in [3.63, 3.8) is 0 Å². The van der Waals surface area contributed by atoms with Gasteiger partial charge in [0.05, 0.1) is 21.5 Å². The molecule has 226 valence electrons. The summed E-state index contributed by atoms with van der Waals surface area (Å²) in [7, 11) is -3.88. The third-order valence-electron chi connectivity index (χ3n) is 7.04. The Morgan fingerprint density at radius 3 is 2.43 bits per heavy atom. The Morgan fingerprint density at radius 2 is 1.75 bits per heavy atom. The summed E-state index contributed by atoms with van der Waals surface area (Å²) in [5.74, 6) is -2.72. The summed E-state index contributed by atoms with van der Waals surface area (Å²) in [4.78, 5) is 57.0. The van der Waals surface area contributed by atoms with Gasteiger partial charge in [0.15, 0.2) is 6.61 Å². The maximum Gasteiger partial charge on any atom is 0.305 e. The number of benzene rings is 3. The first-order valence-corrected chi connectivity index (χ1v) is 17.2. The number of aromatic amines is 1. The van der Waals surface area contributed by atoms with E-state index in [1.165, 1.54) is 24.3 Å². The SMILES string of the molecule is NS(=O)(=O)c1ccc(NC(=O)COc2ccc(Br)cc2[C@H]2c3sc(=O)[nH]c3SC3C(=O)N(c4ccc(Cl)cc4)C(=O)C32)cc1. The van der Waals surface area contributed by atoms with Crippen molar-refractivity contribution in [2.45, 2.75) is 21.1 Å². The number of fused-ring (bicyclic) bond motifs is 2. The van der Waals surface area contributed by atoms with E-state index >= 15 is 0 Å². The summed E-state index contributed by atoms with van der Waals surface area (Å²) < 4.78 is 29.6. The van der Waals surface area contributed by atoms with E-state index < -0.39 is 51.4 Å². The first-order chi connectivity index (χ1) is 20.9. The molecule has 2 aliphatic rings. The van der Waals surface area contributed by atoms with E-state index in [1.54, 1.807) is 42.5 Å². The molecule has 3 amide bonds. The Bertz CT molecular complexity index is 1980. The van der Waals surface area contributed by atoms with Crippen LogP contribution >= 0.6 is 50.6 Å². The van der Waals surface area contributed by atoms with Crippen molar-refractivity contribution in [3.8, 4) is 5.75 Å². The maximum atomic E-state index is 14.0. The predicted molar refractivity (Wildman–Crippen MR) is 170 cm³/mol.